The quantitative estimate of drug-likeness (QED) is 0.459. The summed E-state index contributed by atoms with van der Waals surface area (Å²) in [5.41, 5.74) is 0.779. The van der Waals surface area contributed by atoms with E-state index in [1.165, 1.54) is 0 Å². The van der Waals surface area contributed by atoms with E-state index in [1.807, 2.05) is 12.1 Å². The summed E-state index contributed by atoms with van der Waals surface area (Å²) in [6, 6.07) is 4.26. The second-order valence-corrected chi connectivity index (χ2v) is 8.30. The lowest BCUT2D eigenvalue weighted by Gasteiger charge is -2.27. The van der Waals surface area contributed by atoms with E-state index in [4.69, 9.17) is 28.9 Å². The van der Waals surface area contributed by atoms with Crippen molar-refractivity contribution in [2.45, 2.75) is 25.5 Å². The number of nitrogens with zero attached hydrogens (tertiary/aromatic N) is 4. The molecule has 0 N–H and O–H groups in total. The Morgan fingerprint density at radius 3 is 2.46 bits per heavy atom. The highest BCUT2D eigenvalue weighted by atomic mass is 127. The zero-order valence-corrected chi connectivity index (χ0v) is 18.5. The van der Waals surface area contributed by atoms with E-state index in [9.17, 15) is 0 Å². The predicted octanol–water partition coefficient (Wildman–Crippen LogP) is 2.68. The van der Waals surface area contributed by atoms with E-state index in [1.54, 1.807) is 14.2 Å². The van der Waals surface area contributed by atoms with Crippen LogP contribution in [0.15, 0.2) is 12.1 Å². The molecule has 2 aliphatic heterocycles. The molecule has 2 atom stereocenters. The second-order valence-electron chi connectivity index (χ2n) is 7.06. The average Bonchev–Trinajstić information content (AvgIpc) is 3.04. The van der Waals surface area contributed by atoms with Crippen molar-refractivity contribution in [3.05, 3.63) is 12.1 Å². The molecule has 2 fully saturated rings. The summed E-state index contributed by atoms with van der Waals surface area (Å²) in [5, 5.41) is 0.828. The van der Waals surface area contributed by atoms with Crippen LogP contribution in [0.3, 0.4) is 0 Å². The Balaban J connectivity index is 1.76. The van der Waals surface area contributed by atoms with Crippen LogP contribution in [0, 0.1) is 0 Å². The van der Waals surface area contributed by atoms with Crippen molar-refractivity contribution in [2.75, 3.05) is 52.0 Å². The Kier molecular flexibility index (Phi) is 5.93. The number of benzene rings is 1. The van der Waals surface area contributed by atoms with Gasteiger partial charge in [0.05, 0.1) is 38.3 Å². The highest BCUT2D eigenvalue weighted by Gasteiger charge is 2.30. The van der Waals surface area contributed by atoms with Gasteiger partial charge in [0, 0.05) is 61.0 Å². The molecule has 0 spiro atoms. The molecule has 0 aliphatic carbocycles. The Hall–Kier alpha value is -1.59. The first kappa shape index (κ1) is 19.7. The fraction of sp³-hybridized carbons (Fsp3) is 0.579. The molecule has 0 radical (unpaired) electrons. The van der Waals surface area contributed by atoms with Crippen molar-refractivity contribution in [2.24, 2.45) is 0 Å². The normalized spacial score (nSPS) is 23.2. The van der Waals surface area contributed by atoms with Crippen LogP contribution in [0.25, 0.3) is 10.9 Å². The second kappa shape index (κ2) is 8.42. The fourth-order valence-corrected chi connectivity index (χ4v) is 4.26. The molecule has 0 amide bonds. The summed E-state index contributed by atoms with van der Waals surface area (Å²) in [6.07, 6.45) is 1.06. The average molecular weight is 500 g/mol. The monoisotopic (exact) mass is 500 g/mol. The number of hydrogen-bond acceptors (Lipinski definition) is 8. The topological polar surface area (TPSA) is 69.2 Å². The van der Waals surface area contributed by atoms with Gasteiger partial charge in [0.2, 0.25) is 11.8 Å². The minimum Gasteiger partial charge on any atom is -0.493 e. The van der Waals surface area contributed by atoms with E-state index in [-0.39, 0.29) is 6.10 Å². The van der Waals surface area contributed by atoms with Crippen molar-refractivity contribution in [3.8, 4) is 17.4 Å². The van der Waals surface area contributed by atoms with Crippen LogP contribution in [0.5, 0.6) is 17.4 Å². The summed E-state index contributed by atoms with van der Waals surface area (Å²) in [6.45, 7) is 5.95. The highest BCUT2D eigenvalue weighted by Crippen LogP contribution is 2.37. The largest absolute Gasteiger partial charge is 0.493 e. The Morgan fingerprint density at radius 2 is 1.82 bits per heavy atom. The van der Waals surface area contributed by atoms with Gasteiger partial charge in [-0.1, -0.05) is 0 Å². The van der Waals surface area contributed by atoms with Crippen LogP contribution in [0.2, 0.25) is 0 Å². The molecule has 2 saturated heterocycles. The third-order valence-corrected chi connectivity index (χ3v) is 6.53. The summed E-state index contributed by atoms with van der Waals surface area (Å²) in [7, 11) is 3.25. The summed E-state index contributed by atoms with van der Waals surface area (Å²) >= 11 is 2.36. The van der Waals surface area contributed by atoms with Gasteiger partial charge < -0.3 is 23.8 Å². The van der Waals surface area contributed by atoms with Gasteiger partial charge in [-0.3, -0.25) is 0 Å². The lowest BCUT2D eigenvalue weighted by Crippen LogP contribution is -2.37. The third kappa shape index (κ3) is 3.92. The van der Waals surface area contributed by atoms with Gasteiger partial charge in [-0.15, -0.1) is 0 Å². The molecule has 3 heterocycles. The van der Waals surface area contributed by atoms with Gasteiger partial charge >= 0.3 is 0 Å². The molecule has 4 rings (SSSR count). The van der Waals surface area contributed by atoms with Crippen molar-refractivity contribution >= 4 is 39.7 Å². The number of halogens is 1. The first-order chi connectivity index (χ1) is 13.6. The van der Waals surface area contributed by atoms with Crippen molar-refractivity contribution in [1.29, 1.82) is 0 Å². The van der Waals surface area contributed by atoms with E-state index < -0.39 is 0 Å². The fourth-order valence-electron chi connectivity index (χ4n) is 3.60. The van der Waals surface area contributed by atoms with Gasteiger partial charge in [-0.25, -0.2) is 8.10 Å². The van der Waals surface area contributed by atoms with Crippen LogP contribution in [0.4, 0.5) is 5.95 Å². The number of rotatable bonds is 5. The molecular weight excluding hydrogens is 475 g/mol. The zero-order valence-electron chi connectivity index (χ0n) is 16.4. The smallest absolute Gasteiger partial charge is 0.229 e. The summed E-state index contributed by atoms with van der Waals surface area (Å²) in [4.78, 5) is 11.7. The molecule has 2 aliphatic rings. The molecule has 1 aromatic heterocycles. The number of methoxy groups -OCH3 is 2. The third-order valence-electron chi connectivity index (χ3n) is 5.19. The van der Waals surface area contributed by atoms with E-state index >= 15 is 0 Å². The van der Waals surface area contributed by atoms with Crippen LogP contribution in [0.1, 0.15) is 13.3 Å². The molecule has 1 aromatic carbocycles. The van der Waals surface area contributed by atoms with Crippen LogP contribution >= 0.6 is 22.9 Å². The molecule has 8 nitrogen and oxygen atoms in total. The van der Waals surface area contributed by atoms with Crippen LogP contribution in [-0.4, -0.2) is 72.3 Å². The molecule has 0 bridgehead atoms. The molecule has 28 heavy (non-hydrogen) atoms. The summed E-state index contributed by atoms with van der Waals surface area (Å²) < 4.78 is 25.1. The van der Waals surface area contributed by atoms with E-state index in [0.717, 1.165) is 37.0 Å². The van der Waals surface area contributed by atoms with Crippen molar-refractivity contribution < 1.29 is 18.9 Å². The number of anilines is 1. The maximum absolute atomic E-state index is 6.38. The van der Waals surface area contributed by atoms with E-state index in [0.29, 0.717) is 42.6 Å². The molecule has 0 saturated carbocycles. The zero-order chi connectivity index (χ0) is 19.7. The molecule has 2 unspecified atom stereocenters. The van der Waals surface area contributed by atoms with Crippen LogP contribution in [-0.2, 0) is 4.74 Å². The lowest BCUT2D eigenvalue weighted by molar-refractivity contribution is 0.122. The number of ether oxygens (including phenoxy) is 4. The lowest BCUT2D eigenvalue weighted by atomic mass is 10.2. The van der Waals surface area contributed by atoms with Crippen LogP contribution < -0.4 is 19.1 Å². The molecule has 2 aromatic rings. The maximum atomic E-state index is 6.38. The molecule has 152 valence electrons. The summed E-state index contributed by atoms with van der Waals surface area (Å²) in [5.74, 6) is 2.53. The maximum Gasteiger partial charge on any atom is 0.229 e. The Labute approximate surface area is 178 Å². The van der Waals surface area contributed by atoms with Crippen molar-refractivity contribution in [1.82, 2.24) is 13.1 Å². The molecule has 9 heteroatoms. The minimum atomic E-state index is 0.0932. The Bertz CT molecular complexity index is 836. The highest BCUT2D eigenvalue weighted by molar-refractivity contribution is 14.1. The van der Waals surface area contributed by atoms with Gasteiger partial charge in [-0.2, -0.15) is 4.98 Å². The number of hydrogen-bond donors (Lipinski definition) is 0. The van der Waals surface area contributed by atoms with Gasteiger partial charge in [0.25, 0.3) is 0 Å². The van der Waals surface area contributed by atoms with Gasteiger partial charge in [0.15, 0.2) is 11.5 Å². The van der Waals surface area contributed by atoms with E-state index in [2.05, 4.69) is 37.8 Å². The number of fused-ring (bicyclic) bond motifs is 1. The standard InChI is InChI=1S/C19H25IN4O4/c1-12-8-13(11-24(12)20)28-18-14-9-16(25-2)17(26-3)10-15(14)21-19(22-18)23-4-6-27-7-5-23/h9-10,12-13H,4-8,11H2,1-3H3. The van der Waals surface area contributed by atoms with Gasteiger partial charge in [-0.05, 0) is 13.0 Å². The van der Waals surface area contributed by atoms with Crippen molar-refractivity contribution in [3.63, 3.8) is 0 Å². The van der Waals surface area contributed by atoms with Gasteiger partial charge in [0.1, 0.15) is 6.10 Å². The number of aromatic nitrogens is 2. The molecular formula is C19H25IN4O4. The number of morpholine rings is 1. The first-order valence-electron chi connectivity index (χ1n) is 9.44. The minimum absolute atomic E-state index is 0.0932. The Morgan fingerprint density at radius 1 is 1.11 bits per heavy atom. The SMILES string of the molecule is COc1cc2nc(N3CCOCC3)nc(OC3CC(C)N(I)C3)c2cc1OC. The predicted molar refractivity (Wildman–Crippen MR) is 115 cm³/mol. The first-order valence-corrected chi connectivity index (χ1v) is 10.4.